The van der Waals surface area contributed by atoms with Gasteiger partial charge in [0.25, 0.3) is 0 Å². The third kappa shape index (κ3) is 6.25. The van der Waals surface area contributed by atoms with E-state index in [1.807, 2.05) is 4.91 Å². The Labute approximate surface area is 110 Å². The predicted molar refractivity (Wildman–Crippen MR) is 74.6 cm³/mol. The zero-order valence-corrected chi connectivity index (χ0v) is 11.8. The van der Waals surface area contributed by atoms with E-state index in [0.717, 1.165) is 0 Å². The van der Waals surface area contributed by atoms with Gasteiger partial charge in [-0.25, -0.2) is 0 Å². The molecule has 0 amide bonds. The van der Waals surface area contributed by atoms with Gasteiger partial charge in [0, 0.05) is 5.56 Å². The van der Waals surface area contributed by atoms with Crippen molar-refractivity contribution in [2.24, 2.45) is 0 Å². The van der Waals surface area contributed by atoms with Crippen LogP contribution in [0.3, 0.4) is 0 Å². The molecule has 0 aromatic heterocycles. The second kappa shape index (κ2) is 10.6. The zero-order valence-electron chi connectivity index (χ0n) is 11.8. The third-order valence-electron chi connectivity index (χ3n) is 3.37. The molecule has 0 bridgehead atoms. The molecule has 5 N–H and O–H groups in total. The van der Waals surface area contributed by atoms with Crippen molar-refractivity contribution in [3.05, 3.63) is 35.9 Å². The lowest BCUT2D eigenvalue weighted by Gasteiger charge is -2.35. The lowest BCUT2D eigenvalue weighted by molar-refractivity contribution is -0.936. The summed E-state index contributed by atoms with van der Waals surface area (Å²) >= 11 is 0. The zero-order chi connectivity index (χ0) is 13.1. The minimum Gasteiger partial charge on any atom is -0.344 e. The van der Waals surface area contributed by atoms with E-state index in [0.29, 0.717) is 0 Å². The van der Waals surface area contributed by atoms with Gasteiger partial charge in [-0.3, -0.25) is 0 Å². The maximum Gasteiger partial charge on any atom is 0.211 e. The molecule has 0 aliphatic rings. The van der Waals surface area contributed by atoms with Crippen LogP contribution >= 0.6 is 0 Å². The van der Waals surface area contributed by atoms with Crippen LogP contribution in [-0.4, -0.2) is 24.1 Å². The van der Waals surface area contributed by atoms with Gasteiger partial charge in [-0.15, -0.1) is 0 Å². The summed E-state index contributed by atoms with van der Waals surface area (Å²) in [5.74, 6) is 0. The van der Waals surface area contributed by atoms with Crippen LogP contribution in [0.5, 0.6) is 0 Å². The van der Waals surface area contributed by atoms with Gasteiger partial charge in [0.05, 0.1) is 19.6 Å². The highest BCUT2D eigenvalue weighted by Gasteiger charge is 2.20. The Bertz CT molecular complexity index is 318. The molecule has 0 atom stereocenters. The molecule has 0 radical (unpaired) electrons. The number of rotatable bonds is 5. The van der Waals surface area contributed by atoms with Crippen LogP contribution in [0.4, 0.5) is 0 Å². The molecule has 1 rings (SSSR count). The van der Waals surface area contributed by atoms with Gasteiger partial charge in [-0.1, -0.05) is 30.3 Å². The Morgan fingerprint density at radius 3 is 1.67 bits per heavy atom. The highest BCUT2D eigenvalue weighted by atomic mass is 15.3. The van der Waals surface area contributed by atoms with Crippen LogP contribution < -0.4 is 11.1 Å². The van der Waals surface area contributed by atoms with Gasteiger partial charge in [0.15, 0.2) is 0 Å². The molecule has 0 heterocycles. The first-order valence-corrected chi connectivity index (χ1v) is 6.10. The lowest BCUT2D eigenvalue weighted by atomic mass is 10.2. The number of nitrogens with one attached hydrogen (secondary N) is 2. The van der Waals surface area contributed by atoms with Crippen LogP contribution in [0.2, 0.25) is 0 Å². The van der Waals surface area contributed by atoms with E-state index in [1.54, 1.807) is 0 Å². The smallest absolute Gasteiger partial charge is 0.211 e. The molecule has 18 heavy (non-hydrogen) atoms. The lowest BCUT2D eigenvalue weighted by Crippen LogP contribution is -2.46. The van der Waals surface area contributed by atoms with Crippen LogP contribution in [0, 0.1) is 11.1 Å². The van der Waals surface area contributed by atoms with Gasteiger partial charge in [0.2, 0.25) is 4.91 Å². The van der Waals surface area contributed by atoms with Crippen LogP contribution in [0.25, 0.3) is 0 Å². The molecule has 0 aliphatic heterocycles. The Kier molecular flexibility index (Phi) is 11.1. The number of quaternary nitrogens is 1. The largest absolute Gasteiger partial charge is 0.344 e. The second-order valence-corrected chi connectivity index (χ2v) is 4.05. The average Bonchev–Trinajstić information content (AvgIpc) is 2.38. The van der Waals surface area contributed by atoms with E-state index in [2.05, 4.69) is 51.1 Å². The molecule has 0 aliphatic carbocycles. The first-order chi connectivity index (χ1) is 8.17. The molecule has 0 saturated carbocycles. The average molecular weight is 253 g/mol. The fraction of sp³-hybridized carbons (Fsp3) is 0.538. The van der Waals surface area contributed by atoms with Gasteiger partial charge >= 0.3 is 0 Å². The SMILES string of the molecule is CC[N+](CC)(CC)Cc1ccccc1.N.N=[N+]=N. The van der Waals surface area contributed by atoms with E-state index >= 15 is 0 Å². The molecule has 102 valence electrons. The number of hydrogen-bond donors (Lipinski definition) is 3. The maximum atomic E-state index is 5.50. The Morgan fingerprint density at radius 2 is 1.33 bits per heavy atom. The van der Waals surface area contributed by atoms with Crippen LogP contribution in [-0.2, 0) is 6.54 Å². The monoisotopic (exact) mass is 253 g/mol. The van der Waals surface area contributed by atoms with E-state index < -0.39 is 0 Å². The summed E-state index contributed by atoms with van der Waals surface area (Å²) in [6.07, 6.45) is 0. The van der Waals surface area contributed by atoms with E-state index in [-0.39, 0.29) is 6.15 Å². The Balaban J connectivity index is 0. The van der Waals surface area contributed by atoms with Crippen molar-refractivity contribution >= 4 is 0 Å². The minimum atomic E-state index is 0. The van der Waals surface area contributed by atoms with Crippen molar-refractivity contribution < 1.29 is 4.48 Å². The molecular weight excluding hydrogens is 226 g/mol. The summed E-state index contributed by atoms with van der Waals surface area (Å²) in [6.45, 7) is 11.7. The van der Waals surface area contributed by atoms with Crippen molar-refractivity contribution in [3.63, 3.8) is 0 Å². The summed E-state index contributed by atoms with van der Waals surface area (Å²) in [7, 11) is 0. The summed E-state index contributed by atoms with van der Waals surface area (Å²) < 4.78 is 1.20. The topological polar surface area (TPSA) is 96.8 Å². The molecule has 5 nitrogen and oxygen atoms in total. The van der Waals surface area contributed by atoms with Gasteiger partial charge in [-0.2, -0.15) is 0 Å². The number of hydrogen-bond acceptors (Lipinski definition) is 3. The predicted octanol–water partition coefficient (Wildman–Crippen LogP) is 3.34. The number of nitrogens with zero attached hydrogens (tertiary/aromatic N) is 2. The standard InChI is InChI=1S/C13H22N.H2N3.H3N/c1-4-14(5-2,6-3)12-13-10-8-7-9-11-13;1-3-2;/h7-11H,4-6,12H2,1-3H3;1-2H;1H3/q2*+1;. The highest BCUT2D eigenvalue weighted by molar-refractivity contribution is 5.13. The first-order valence-electron chi connectivity index (χ1n) is 6.10. The van der Waals surface area contributed by atoms with Gasteiger partial charge in [0.1, 0.15) is 17.6 Å². The Hall–Kier alpha value is -1.55. The summed E-state index contributed by atoms with van der Waals surface area (Å²) in [4.78, 5) is 2.00. The highest BCUT2D eigenvalue weighted by Crippen LogP contribution is 2.13. The summed E-state index contributed by atoms with van der Waals surface area (Å²) in [5.41, 5.74) is 12.5. The molecule has 1 aromatic rings. The molecule has 0 saturated heterocycles. The van der Waals surface area contributed by atoms with Crippen molar-refractivity contribution in [2.45, 2.75) is 27.3 Å². The molecule has 1 aromatic carbocycles. The molecule has 0 spiro atoms. The van der Waals surface area contributed by atoms with Crippen LogP contribution in [0.1, 0.15) is 26.3 Å². The molecule has 5 heteroatoms. The van der Waals surface area contributed by atoms with Crippen molar-refractivity contribution in [1.82, 2.24) is 11.1 Å². The van der Waals surface area contributed by atoms with E-state index in [9.17, 15) is 0 Å². The van der Waals surface area contributed by atoms with Crippen LogP contribution in [0.15, 0.2) is 30.3 Å². The fourth-order valence-electron chi connectivity index (χ4n) is 1.98. The van der Waals surface area contributed by atoms with Gasteiger partial charge in [-0.05, 0) is 20.8 Å². The fourth-order valence-corrected chi connectivity index (χ4v) is 1.98. The first kappa shape index (κ1) is 18.8. The van der Waals surface area contributed by atoms with Crippen molar-refractivity contribution in [3.8, 4) is 0 Å². The van der Waals surface area contributed by atoms with Crippen molar-refractivity contribution in [2.75, 3.05) is 19.6 Å². The quantitative estimate of drug-likeness (QED) is 0.418. The molecule has 0 fully saturated rings. The summed E-state index contributed by atoms with van der Waals surface area (Å²) in [5, 5.41) is 0. The van der Waals surface area contributed by atoms with E-state index in [1.165, 1.54) is 36.2 Å². The Morgan fingerprint density at radius 1 is 0.944 bits per heavy atom. The normalized spacial score (nSPS) is 9.50. The van der Waals surface area contributed by atoms with Crippen molar-refractivity contribution in [1.29, 1.82) is 11.1 Å². The van der Waals surface area contributed by atoms with E-state index in [4.69, 9.17) is 11.1 Å². The minimum absolute atomic E-state index is 0. The maximum absolute atomic E-state index is 5.50. The molecular formula is C13H27N5+2. The number of benzene rings is 1. The molecule has 0 unspecified atom stereocenters. The third-order valence-corrected chi connectivity index (χ3v) is 3.37. The summed E-state index contributed by atoms with van der Waals surface area (Å²) in [6, 6.07) is 10.8. The second-order valence-electron chi connectivity index (χ2n) is 4.05. The van der Waals surface area contributed by atoms with Gasteiger partial charge < -0.3 is 10.6 Å².